The molecule has 0 unspecified atom stereocenters. The van der Waals surface area contributed by atoms with Gasteiger partial charge in [0.05, 0.1) is 17.9 Å². The van der Waals surface area contributed by atoms with Crippen molar-refractivity contribution in [1.82, 2.24) is 20.6 Å². The third kappa shape index (κ3) is 4.12. The van der Waals surface area contributed by atoms with Crippen LogP contribution in [-0.4, -0.2) is 60.7 Å². The van der Waals surface area contributed by atoms with E-state index >= 15 is 0 Å². The zero-order valence-corrected chi connectivity index (χ0v) is 21.2. The van der Waals surface area contributed by atoms with Crippen molar-refractivity contribution in [1.29, 1.82) is 0 Å². The zero-order chi connectivity index (χ0) is 24.2. The molecule has 0 spiro atoms. The van der Waals surface area contributed by atoms with E-state index in [2.05, 4.69) is 45.6 Å². The highest BCUT2D eigenvalue weighted by Crippen LogP contribution is 2.42. The summed E-state index contributed by atoms with van der Waals surface area (Å²) in [5.74, 6) is 1.86. The summed E-state index contributed by atoms with van der Waals surface area (Å²) in [6.07, 6.45) is 2.70. The van der Waals surface area contributed by atoms with Crippen LogP contribution in [-0.2, 0) is 6.42 Å². The van der Waals surface area contributed by atoms with Gasteiger partial charge in [-0.1, -0.05) is 17.4 Å². The molecule has 1 saturated heterocycles. The number of hydrogen-bond donors (Lipinski definition) is 2. The third-order valence-electron chi connectivity index (χ3n) is 6.81. The molecular formula is C26H30N6O2S. The Morgan fingerprint density at radius 1 is 1.11 bits per heavy atom. The SMILES string of the molecule is Cc1cc(-c2ccc3c(c2)N(c2nc4c(s2)C(=O)NC(C)(C)C4)CCO3)cnc1N1CCNCC1. The molecule has 2 N–H and O–H groups in total. The highest BCUT2D eigenvalue weighted by Gasteiger charge is 2.34. The van der Waals surface area contributed by atoms with E-state index in [1.807, 2.05) is 26.1 Å². The van der Waals surface area contributed by atoms with Crippen molar-refractivity contribution in [3.05, 3.63) is 46.6 Å². The van der Waals surface area contributed by atoms with Gasteiger partial charge in [0, 0.05) is 49.9 Å². The minimum atomic E-state index is -0.284. The van der Waals surface area contributed by atoms with Crippen LogP contribution in [0.2, 0.25) is 0 Å². The Balaban J connectivity index is 1.33. The van der Waals surface area contributed by atoms with Crippen LogP contribution in [0.4, 0.5) is 16.6 Å². The topological polar surface area (TPSA) is 82.6 Å². The lowest BCUT2D eigenvalue weighted by Crippen LogP contribution is -2.48. The molecule has 2 aromatic heterocycles. The molecule has 35 heavy (non-hydrogen) atoms. The number of nitrogens with zero attached hydrogens (tertiary/aromatic N) is 4. The summed E-state index contributed by atoms with van der Waals surface area (Å²) in [5.41, 5.74) is 4.91. The third-order valence-corrected chi connectivity index (χ3v) is 7.93. The molecule has 0 aliphatic carbocycles. The Labute approximate surface area is 209 Å². The van der Waals surface area contributed by atoms with Crippen molar-refractivity contribution in [2.75, 3.05) is 49.1 Å². The van der Waals surface area contributed by atoms with Gasteiger partial charge in [-0.3, -0.25) is 4.79 Å². The number of aromatic nitrogens is 2. The highest BCUT2D eigenvalue weighted by molar-refractivity contribution is 7.17. The maximum absolute atomic E-state index is 12.7. The molecule has 0 saturated carbocycles. The first kappa shape index (κ1) is 22.3. The fourth-order valence-corrected chi connectivity index (χ4v) is 6.13. The predicted octanol–water partition coefficient (Wildman–Crippen LogP) is 3.52. The fourth-order valence-electron chi connectivity index (χ4n) is 5.11. The lowest BCUT2D eigenvalue weighted by atomic mass is 9.94. The largest absolute Gasteiger partial charge is 0.490 e. The van der Waals surface area contributed by atoms with Crippen LogP contribution in [0.1, 0.15) is 34.8 Å². The molecule has 6 rings (SSSR count). The van der Waals surface area contributed by atoms with Crippen LogP contribution in [0.25, 0.3) is 11.1 Å². The molecule has 3 aliphatic rings. The number of hydrogen-bond acceptors (Lipinski definition) is 8. The Morgan fingerprint density at radius 3 is 2.74 bits per heavy atom. The maximum Gasteiger partial charge on any atom is 0.263 e. The van der Waals surface area contributed by atoms with Crippen molar-refractivity contribution < 1.29 is 9.53 Å². The number of rotatable bonds is 3. The second-order valence-corrected chi connectivity index (χ2v) is 11.0. The fraction of sp³-hybridized carbons (Fsp3) is 0.423. The van der Waals surface area contributed by atoms with E-state index in [1.165, 1.54) is 16.9 Å². The number of thiazole rings is 1. The summed E-state index contributed by atoms with van der Waals surface area (Å²) < 4.78 is 5.97. The van der Waals surface area contributed by atoms with Gasteiger partial charge in [0.25, 0.3) is 5.91 Å². The molecular weight excluding hydrogens is 460 g/mol. The number of aryl methyl sites for hydroxylation is 1. The van der Waals surface area contributed by atoms with E-state index in [0.717, 1.165) is 71.8 Å². The summed E-state index contributed by atoms with van der Waals surface area (Å²) in [4.78, 5) is 27.6. The van der Waals surface area contributed by atoms with Crippen LogP contribution in [0.15, 0.2) is 30.5 Å². The number of carbonyl (C=O) groups is 1. The Bertz CT molecular complexity index is 1300. The Morgan fingerprint density at radius 2 is 1.94 bits per heavy atom. The first-order chi connectivity index (χ1) is 16.9. The second kappa shape index (κ2) is 8.49. The van der Waals surface area contributed by atoms with Gasteiger partial charge in [0.1, 0.15) is 23.1 Å². The molecule has 0 atom stereocenters. The smallest absolute Gasteiger partial charge is 0.263 e. The molecule has 5 heterocycles. The summed E-state index contributed by atoms with van der Waals surface area (Å²) in [7, 11) is 0. The summed E-state index contributed by atoms with van der Waals surface area (Å²) in [5, 5.41) is 7.32. The number of anilines is 3. The van der Waals surface area contributed by atoms with E-state index in [9.17, 15) is 4.79 Å². The van der Waals surface area contributed by atoms with Gasteiger partial charge < -0.3 is 25.2 Å². The number of piperazine rings is 1. The van der Waals surface area contributed by atoms with Crippen LogP contribution >= 0.6 is 11.3 Å². The van der Waals surface area contributed by atoms with Gasteiger partial charge in [-0.15, -0.1) is 0 Å². The molecule has 1 aromatic carbocycles. The molecule has 3 aromatic rings. The molecule has 1 amide bonds. The average Bonchev–Trinajstić information content (AvgIpc) is 3.27. The number of pyridine rings is 1. The van der Waals surface area contributed by atoms with Crippen molar-refractivity contribution in [2.45, 2.75) is 32.7 Å². The van der Waals surface area contributed by atoms with Crippen LogP contribution in [0.3, 0.4) is 0 Å². The monoisotopic (exact) mass is 490 g/mol. The van der Waals surface area contributed by atoms with Gasteiger partial charge in [-0.05, 0) is 50.1 Å². The summed E-state index contributed by atoms with van der Waals surface area (Å²) in [6.45, 7) is 11.4. The Hall–Kier alpha value is -3.17. The van der Waals surface area contributed by atoms with Gasteiger partial charge in [0.15, 0.2) is 5.13 Å². The van der Waals surface area contributed by atoms with E-state index < -0.39 is 0 Å². The quantitative estimate of drug-likeness (QED) is 0.581. The lowest BCUT2D eigenvalue weighted by molar-refractivity contribution is 0.0901. The van der Waals surface area contributed by atoms with Crippen molar-refractivity contribution in [3.8, 4) is 16.9 Å². The van der Waals surface area contributed by atoms with Gasteiger partial charge in [-0.25, -0.2) is 9.97 Å². The first-order valence-electron chi connectivity index (χ1n) is 12.2. The number of ether oxygens (including phenoxy) is 1. The summed E-state index contributed by atoms with van der Waals surface area (Å²) >= 11 is 1.46. The van der Waals surface area contributed by atoms with E-state index in [-0.39, 0.29) is 11.4 Å². The van der Waals surface area contributed by atoms with E-state index in [4.69, 9.17) is 14.7 Å². The maximum atomic E-state index is 12.7. The molecule has 8 nitrogen and oxygen atoms in total. The zero-order valence-electron chi connectivity index (χ0n) is 20.4. The first-order valence-corrected chi connectivity index (χ1v) is 13.0. The molecule has 9 heteroatoms. The van der Waals surface area contributed by atoms with Crippen molar-refractivity contribution >= 4 is 33.9 Å². The Kier molecular flexibility index (Phi) is 5.41. The minimum absolute atomic E-state index is 0.0339. The van der Waals surface area contributed by atoms with E-state index in [1.54, 1.807) is 0 Å². The molecule has 0 radical (unpaired) electrons. The van der Waals surface area contributed by atoms with Gasteiger partial charge in [0.2, 0.25) is 0 Å². The number of carbonyl (C=O) groups excluding carboxylic acids is 1. The van der Waals surface area contributed by atoms with Crippen molar-refractivity contribution in [3.63, 3.8) is 0 Å². The van der Waals surface area contributed by atoms with E-state index in [0.29, 0.717) is 18.0 Å². The highest BCUT2D eigenvalue weighted by atomic mass is 32.1. The predicted molar refractivity (Wildman–Crippen MR) is 139 cm³/mol. The van der Waals surface area contributed by atoms with Crippen LogP contribution < -0.4 is 25.2 Å². The lowest BCUT2D eigenvalue weighted by Gasteiger charge is -2.30. The number of benzene rings is 1. The molecule has 182 valence electrons. The normalized spacial score (nSPS) is 19.0. The number of fused-ring (bicyclic) bond motifs is 2. The van der Waals surface area contributed by atoms with Gasteiger partial charge in [-0.2, -0.15) is 0 Å². The standard InChI is InChI=1S/C26H30N6O2S/c1-16-12-18(15-28-23(16)31-8-6-27-7-9-31)17-4-5-21-20(13-17)32(10-11-34-21)25-29-19-14-26(2,3)30-24(33)22(19)35-25/h4-5,12-13,15,27H,6-11,14H2,1-3H3,(H,30,33). The molecule has 3 aliphatic heterocycles. The van der Waals surface area contributed by atoms with Crippen LogP contribution in [0.5, 0.6) is 5.75 Å². The molecule has 0 bridgehead atoms. The average molecular weight is 491 g/mol. The number of nitrogens with one attached hydrogen (secondary N) is 2. The van der Waals surface area contributed by atoms with Crippen molar-refractivity contribution in [2.24, 2.45) is 0 Å². The second-order valence-electron chi connectivity index (χ2n) is 10.1. The summed E-state index contributed by atoms with van der Waals surface area (Å²) in [6, 6.07) is 8.49. The van der Waals surface area contributed by atoms with Gasteiger partial charge >= 0.3 is 0 Å². The molecule has 1 fully saturated rings. The number of amides is 1. The van der Waals surface area contributed by atoms with Crippen LogP contribution in [0, 0.1) is 6.92 Å². The minimum Gasteiger partial charge on any atom is -0.490 e.